The zero-order valence-corrected chi connectivity index (χ0v) is 13.7. The van der Waals surface area contributed by atoms with Gasteiger partial charge in [0.1, 0.15) is 17.3 Å². The van der Waals surface area contributed by atoms with Crippen LogP contribution in [0.4, 0.5) is 5.82 Å². The van der Waals surface area contributed by atoms with E-state index in [-0.39, 0.29) is 0 Å². The quantitative estimate of drug-likeness (QED) is 0.801. The van der Waals surface area contributed by atoms with Crippen molar-refractivity contribution in [1.29, 1.82) is 0 Å². The summed E-state index contributed by atoms with van der Waals surface area (Å²) in [5.74, 6) is 1.95. The number of rotatable bonds is 3. The second-order valence-electron chi connectivity index (χ2n) is 5.44. The van der Waals surface area contributed by atoms with Crippen LogP contribution >= 0.6 is 0 Å². The lowest BCUT2D eigenvalue weighted by Gasteiger charge is -2.14. The molecule has 2 N–H and O–H groups in total. The molecule has 0 aliphatic carbocycles. The van der Waals surface area contributed by atoms with Crippen molar-refractivity contribution in [3.05, 3.63) is 41.7 Å². The number of pyridine rings is 2. The molecule has 2 heterocycles. The van der Waals surface area contributed by atoms with Crippen LogP contribution in [-0.4, -0.2) is 24.2 Å². The molecule has 1 aromatic carbocycles. The number of fused-ring (bicyclic) bond motifs is 1. The van der Waals surface area contributed by atoms with E-state index in [9.17, 15) is 0 Å². The summed E-state index contributed by atoms with van der Waals surface area (Å²) in [7, 11) is 3.27. The molecule has 0 amide bonds. The molecule has 0 aliphatic heterocycles. The van der Waals surface area contributed by atoms with E-state index in [4.69, 9.17) is 15.2 Å². The number of aryl methyl sites for hydroxylation is 1. The standard InChI is InChI=1S/C18H19N3O2/c1-10-5-15-12(9-20-10)6-16(21-18(15)19)14-7-13(22-3)8-17(23-4)11(14)2/h5-9H,1-4H3,(H2,19,21). The molecule has 3 aromatic rings. The lowest BCUT2D eigenvalue weighted by molar-refractivity contribution is 0.392. The van der Waals surface area contributed by atoms with Gasteiger partial charge in [-0.05, 0) is 32.0 Å². The Morgan fingerprint density at radius 2 is 1.78 bits per heavy atom. The number of aromatic nitrogens is 2. The second-order valence-corrected chi connectivity index (χ2v) is 5.44. The minimum atomic E-state index is 0.490. The molecule has 0 saturated carbocycles. The van der Waals surface area contributed by atoms with Gasteiger partial charge in [0.25, 0.3) is 0 Å². The van der Waals surface area contributed by atoms with Crippen LogP contribution in [0.2, 0.25) is 0 Å². The molecule has 0 bridgehead atoms. The Labute approximate surface area is 135 Å². The maximum Gasteiger partial charge on any atom is 0.132 e. The number of nitrogens with two attached hydrogens (primary N) is 1. The summed E-state index contributed by atoms with van der Waals surface area (Å²) in [5.41, 5.74) is 9.75. The van der Waals surface area contributed by atoms with Crippen LogP contribution in [-0.2, 0) is 0 Å². The van der Waals surface area contributed by atoms with Crippen molar-refractivity contribution in [3.8, 4) is 22.8 Å². The number of hydrogen-bond acceptors (Lipinski definition) is 5. The Hall–Kier alpha value is -2.82. The highest BCUT2D eigenvalue weighted by atomic mass is 16.5. The molecule has 0 atom stereocenters. The molecule has 5 nitrogen and oxygen atoms in total. The van der Waals surface area contributed by atoms with E-state index in [1.54, 1.807) is 14.2 Å². The van der Waals surface area contributed by atoms with Gasteiger partial charge in [-0.3, -0.25) is 4.98 Å². The summed E-state index contributed by atoms with van der Waals surface area (Å²) >= 11 is 0. The number of nitrogen functional groups attached to an aromatic ring is 1. The predicted molar refractivity (Wildman–Crippen MR) is 92.0 cm³/mol. The zero-order valence-electron chi connectivity index (χ0n) is 13.7. The predicted octanol–water partition coefficient (Wildman–Crippen LogP) is 3.51. The van der Waals surface area contributed by atoms with E-state index in [0.29, 0.717) is 11.6 Å². The lowest BCUT2D eigenvalue weighted by atomic mass is 10.0. The Kier molecular flexibility index (Phi) is 3.78. The van der Waals surface area contributed by atoms with Gasteiger partial charge in [-0.1, -0.05) is 0 Å². The largest absolute Gasteiger partial charge is 0.497 e. The third kappa shape index (κ3) is 2.65. The number of hydrogen-bond donors (Lipinski definition) is 1. The van der Waals surface area contributed by atoms with E-state index >= 15 is 0 Å². The zero-order chi connectivity index (χ0) is 16.6. The Balaban J connectivity index is 2.26. The van der Waals surface area contributed by atoms with Crippen molar-refractivity contribution in [2.45, 2.75) is 13.8 Å². The molecular formula is C18H19N3O2. The van der Waals surface area contributed by atoms with Crippen molar-refractivity contribution in [2.24, 2.45) is 0 Å². The summed E-state index contributed by atoms with van der Waals surface area (Å²) in [6.07, 6.45) is 1.82. The lowest BCUT2D eigenvalue weighted by Crippen LogP contribution is -1.98. The average molecular weight is 309 g/mol. The molecule has 0 radical (unpaired) electrons. The summed E-state index contributed by atoms with van der Waals surface area (Å²) < 4.78 is 10.8. The summed E-state index contributed by atoms with van der Waals surface area (Å²) in [6, 6.07) is 7.72. The van der Waals surface area contributed by atoms with Crippen LogP contribution in [0, 0.1) is 13.8 Å². The van der Waals surface area contributed by atoms with Crippen molar-refractivity contribution in [1.82, 2.24) is 9.97 Å². The smallest absolute Gasteiger partial charge is 0.132 e. The van der Waals surface area contributed by atoms with Crippen molar-refractivity contribution in [3.63, 3.8) is 0 Å². The van der Waals surface area contributed by atoms with Gasteiger partial charge < -0.3 is 15.2 Å². The maximum atomic E-state index is 6.15. The second kappa shape index (κ2) is 5.76. The van der Waals surface area contributed by atoms with Crippen LogP contribution < -0.4 is 15.2 Å². The van der Waals surface area contributed by atoms with Crippen molar-refractivity contribution < 1.29 is 9.47 Å². The minimum absolute atomic E-state index is 0.490. The normalized spacial score (nSPS) is 10.8. The monoisotopic (exact) mass is 309 g/mol. The Bertz CT molecular complexity index is 891. The molecule has 0 unspecified atom stereocenters. The molecule has 0 saturated heterocycles. The molecular weight excluding hydrogens is 290 g/mol. The highest BCUT2D eigenvalue weighted by Gasteiger charge is 2.13. The Morgan fingerprint density at radius 3 is 2.48 bits per heavy atom. The number of anilines is 1. The van der Waals surface area contributed by atoms with Gasteiger partial charge in [0.15, 0.2) is 0 Å². The SMILES string of the molecule is COc1cc(OC)c(C)c(-c2cc3cnc(C)cc3c(N)n2)c1. The maximum absolute atomic E-state index is 6.15. The van der Waals surface area contributed by atoms with Crippen LogP contribution in [0.5, 0.6) is 11.5 Å². The molecule has 23 heavy (non-hydrogen) atoms. The van der Waals surface area contributed by atoms with E-state index in [0.717, 1.165) is 39.0 Å². The van der Waals surface area contributed by atoms with Gasteiger partial charge in [-0.2, -0.15) is 0 Å². The molecule has 2 aromatic heterocycles. The van der Waals surface area contributed by atoms with Gasteiger partial charge in [0, 0.05) is 39.9 Å². The van der Waals surface area contributed by atoms with Crippen LogP contribution in [0.25, 0.3) is 22.0 Å². The average Bonchev–Trinajstić information content (AvgIpc) is 2.55. The van der Waals surface area contributed by atoms with Gasteiger partial charge in [-0.15, -0.1) is 0 Å². The van der Waals surface area contributed by atoms with Crippen molar-refractivity contribution >= 4 is 16.6 Å². The van der Waals surface area contributed by atoms with Crippen LogP contribution in [0.3, 0.4) is 0 Å². The first-order valence-corrected chi connectivity index (χ1v) is 7.29. The molecule has 3 rings (SSSR count). The number of nitrogens with zero attached hydrogens (tertiary/aromatic N) is 2. The summed E-state index contributed by atoms with van der Waals surface area (Å²) in [5, 5.41) is 1.87. The summed E-state index contributed by atoms with van der Waals surface area (Å²) in [6.45, 7) is 3.92. The topological polar surface area (TPSA) is 70.3 Å². The first-order valence-electron chi connectivity index (χ1n) is 7.29. The van der Waals surface area contributed by atoms with E-state index in [2.05, 4.69) is 9.97 Å². The minimum Gasteiger partial charge on any atom is -0.497 e. The van der Waals surface area contributed by atoms with E-state index < -0.39 is 0 Å². The van der Waals surface area contributed by atoms with E-state index in [1.165, 1.54) is 0 Å². The number of ether oxygens (including phenoxy) is 2. The molecule has 0 spiro atoms. The van der Waals surface area contributed by atoms with E-state index in [1.807, 2.05) is 44.3 Å². The first-order chi connectivity index (χ1) is 11.0. The molecule has 5 heteroatoms. The highest BCUT2D eigenvalue weighted by Crippen LogP contribution is 2.35. The first kappa shape index (κ1) is 15.1. The third-order valence-electron chi connectivity index (χ3n) is 3.95. The van der Waals surface area contributed by atoms with Gasteiger partial charge in [0.05, 0.1) is 19.9 Å². The van der Waals surface area contributed by atoms with Gasteiger partial charge in [-0.25, -0.2) is 4.98 Å². The van der Waals surface area contributed by atoms with Crippen LogP contribution in [0.15, 0.2) is 30.5 Å². The molecule has 0 aliphatic rings. The Morgan fingerprint density at radius 1 is 1.00 bits per heavy atom. The van der Waals surface area contributed by atoms with Crippen LogP contribution in [0.1, 0.15) is 11.3 Å². The van der Waals surface area contributed by atoms with Crippen molar-refractivity contribution in [2.75, 3.05) is 20.0 Å². The fraction of sp³-hybridized carbons (Fsp3) is 0.222. The fourth-order valence-corrected chi connectivity index (χ4v) is 2.67. The highest BCUT2D eigenvalue weighted by molar-refractivity contribution is 5.93. The third-order valence-corrected chi connectivity index (χ3v) is 3.95. The molecule has 118 valence electrons. The van der Waals surface area contributed by atoms with Gasteiger partial charge >= 0.3 is 0 Å². The fourth-order valence-electron chi connectivity index (χ4n) is 2.67. The number of methoxy groups -OCH3 is 2. The van der Waals surface area contributed by atoms with Gasteiger partial charge in [0.2, 0.25) is 0 Å². The summed E-state index contributed by atoms with van der Waals surface area (Å²) in [4.78, 5) is 8.90. The molecule has 0 fully saturated rings. The number of benzene rings is 1.